The molecule has 0 aliphatic carbocycles. The van der Waals surface area contributed by atoms with E-state index < -0.39 is 0 Å². The van der Waals surface area contributed by atoms with Crippen LogP contribution in [-0.2, 0) is 13.0 Å². The molecule has 90 valence electrons. The van der Waals surface area contributed by atoms with Gasteiger partial charge < -0.3 is 5.73 Å². The van der Waals surface area contributed by atoms with Crippen molar-refractivity contribution in [2.24, 2.45) is 5.73 Å². The van der Waals surface area contributed by atoms with Gasteiger partial charge in [-0.15, -0.1) is 0 Å². The van der Waals surface area contributed by atoms with Crippen LogP contribution in [0.3, 0.4) is 0 Å². The van der Waals surface area contributed by atoms with Gasteiger partial charge in [0.05, 0.1) is 16.8 Å². The molecule has 2 heterocycles. The van der Waals surface area contributed by atoms with E-state index in [1.165, 1.54) is 6.33 Å². The van der Waals surface area contributed by atoms with Crippen molar-refractivity contribution in [2.45, 2.75) is 25.9 Å². The first-order chi connectivity index (χ1) is 8.22. The van der Waals surface area contributed by atoms with Gasteiger partial charge in [-0.2, -0.15) is 5.10 Å². The van der Waals surface area contributed by atoms with E-state index in [0.717, 1.165) is 12.4 Å². The van der Waals surface area contributed by atoms with E-state index in [2.05, 4.69) is 15.1 Å². The minimum Gasteiger partial charge on any atom is -0.322 e. The maximum Gasteiger partial charge on any atom is 0.138 e. The number of aromatic nitrogens is 4. The van der Waals surface area contributed by atoms with Crippen LogP contribution in [0.1, 0.15) is 24.5 Å². The number of hydrogen-bond donors (Lipinski definition) is 1. The first kappa shape index (κ1) is 12.0. The third-order valence-corrected chi connectivity index (χ3v) is 2.86. The summed E-state index contributed by atoms with van der Waals surface area (Å²) in [5, 5.41) is 4.69. The monoisotopic (exact) mass is 251 g/mol. The minimum absolute atomic E-state index is 0.266. The van der Waals surface area contributed by atoms with E-state index in [1.807, 2.05) is 11.6 Å². The Kier molecular flexibility index (Phi) is 3.71. The molecule has 2 aromatic heterocycles. The van der Waals surface area contributed by atoms with Gasteiger partial charge in [0.15, 0.2) is 0 Å². The molecule has 2 aromatic rings. The Hall–Kier alpha value is -1.46. The van der Waals surface area contributed by atoms with Crippen LogP contribution in [0.5, 0.6) is 0 Å². The van der Waals surface area contributed by atoms with Gasteiger partial charge in [0.25, 0.3) is 0 Å². The van der Waals surface area contributed by atoms with Gasteiger partial charge in [-0.3, -0.25) is 9.67 Å². The van der Waals surface area contributed by atoms with E-state index in [4.69, 9.17) is 17.3 Å². The molecule has 2 N–H and O–H groups in total. The fourth-order valence-electron chi connectivity index (χ4n) is 1.67. The van der Waals surface area contributed by atoms with Crippen molar-refractivity contribution in [1.29, 1.82) is 0 Å². The lowest BCUT2D eigenvalue weighted by atomic mass is 10.1. The zero-order valence-corrected chi connectivity index (χ0v) is 10.3. The summed E-state index contributed by atoms with van der Waals surface area (Å²) in [5.41, 5.74) is 6.78. The van der Waals surface area contributed by atoms with Crippen molar-refractivity contribution < 1.29 is 0 Å². The molecule has 0 bridgehead atoms. The predicted molar refractivity (Wildman–Crippen MR) is 65.6 cm³/mol. The molecule has 0 saturated carbocycles. The lowest BCUT2D eigenvalue weighted by Gasteiger charge is -2.12. The quantitative estimate of drug-likeness (QED) is 0.896. The highest BCUT2D eigenvalue weighted by Crippen LogP contribution is 2.20. The second-order valence-electron chi connectivity index (χ2n) is 3.67. The second-order valence-corrected chi connectivity index (χ2v) is 4.08. The highest BCUT2D eigenvalue weighted by Gasteiger charge is 2.15. The van der Waals surface area contributed by atoms with Crippen LogP contribution >= 0.6 is 11.6 Å². The number of nitrogens with zero attached hydrogens (tertiary/aromatic N) is 4. The standard InChI is InChI=1S/C11H14ClN5/c1-2-17-10(15-7-16-17)6-9(13)11-8(12)4-3-5-14-11/h3-5,7,9H,2,6,13H2,1H3. The first-order valence-corrected chi connectivity index (χ1v) is 5.82. The van der Waals surface area contributed by atoms with Gasteiger partial charge in [0, 0.05) is 19.2 Å². The molecule has 5 nitrogen and oxygen atoms in total. The zero-order valence-electron chi connectivity index (χ0n) is 9.55. The molecule has 0 aromatic carbocycles. The molecule has 0 saturated heterocycles. The SMILES string of the molecule is CCn1ncnc1CC(N)c1ncccc1Cl. The van der Waals surface area contributed by atoms with Gasteiger partial charge in [-0.05, 0) is 19.1 Å². The van der Waals surface area contributed by atoms with E-state index in [0.29, 0.717) is 17.1 Å². The molecule has 1 atom stereocenters. The number of rotatable bonds is 4. The van der Waals surface area contributed by atoms with Crippen LogP contribution in [0.15, 0.2) is 24.7 Å². The lowest BCUT2D eigenvalue weighted by molar-refractivity contribution is 0.575. The molecule has 0 amide bonds. The molecule has 1 unspecified atom stereocenters. The molecule has 6 heteroatoms. The van der Waals surface area contributed by atoms with E-state index in [-0.39, 0.29) is 6.04 Å². The maximum atomic E-state index is 6.08. The van der Waals surface area contributed by atoms with Crippen molar-refractivity contribution in [1.82, 2.24) is 19.7 Å². The number of pyridine rings is 1. The van der Waals surface area contributed by atoms with Gasteiger partial charge >= 0.3 is 0 Å². The molecule has 2 rings (SSSR count). The average molecular weight is 252 g/mol. The van der Waals surface area contributed by atoms with Crippen molar-refractivity contribution in [2.75, 3.05) is 0 Å². The highest BCUT2D eigenvalue weighted by atomic mass is 35.5. The summed E-state index contributed by atoms with van der Waals surface area (Å²) < 4.78 is 1.82. The smallest absolute Gasteiger partial charge is 0.138 e. The number of halogens is 1. The molecular weight excluding hydrogens is 238 g/mol. The summed E-state index contributed by atoms with van der Waals surface area (Å²) in [5.74, 6) is 0.849. The summed E-state index contributed by atoms with van der Waals surface area (Å²) in [6, 6.07) is 3.31. The van der Waals surface area contributed by atoms with Crippen LogP contribution in [0.2, 0.25) is 5.02 Å². The molecule has 0 aliphatic rings. The molecule has 0 radical (unpaired) electrons. The minimum atomic E-state index is -0.266. The van der Waals surface area contributed by atoms with Gasteiger partial charge in [-0.25, -0.2) is 4.98 Å². The fourth-order valence-corrected chi connectivity index (χ4v) is 1.94. The Balaban J connectivity index is 2.17. The van der Waals surface area contributed by atoms with Crippen LogP contribution in [0.4, 0.5) is 0 Å². The van der Waals surface area contributed by atoms with Crippen LogP contribution < -0.4 is 5.73 Å². The van der Waals surface area contributed by atoms with Crippen molar-refractivity contribution in [3.05, 3.63) is 41.2 Å². The van der Waals surface area contributed by atoms with E-state index in [9.17, 15) is 0 Å². The number of nitrogens with two attached hydrogens (primary N) is 1. The second kappa shape index (κ2) is 5.25. The van der Waals surface area contributed by atoms with Gasteiger partial charge in [-0.1, -0.05) is 11.6 Å². The topological polar surface area (TPSA) is 69.6 Å². The Morgan fingerprint density at radius 1 is 1.47 bits per heavy atom. The van der Waals surface area contributed by atoms with Crippen molar-refractivity contribution >= 4 is 11.6 Å². The highest BCUT2D eigenvalue weighted by molar-refractivity contribution is 6.31. The van der Waals surface area contributed by atoms with Crippen molar-refractivity contribution in [3.63, 3.8) is 0 Å². The number of aryl methyl sites for hydroxylation is 1. The zero-order chi connectivity index (χ0) is 12.3. The third kappa shape index (κ3) is 2.62. The maximum absolute atomic E-state index is 6.08. The largest absolute Gasteiger partial charge is 0.322 e. The molecule has 17 heavy (non-hydrogen) atoms. The van der Waals surface area contributed by atoms with E-state index >= 15 is 0 Å². The predicted octanol–water partition coefficient (Wildman–Crippen LogP) is 1.59. The third-order valence-electron chi connectivity index (χ3n) is 2.54. The van der Waals surface area contributed by atoms with Crippen LogP contribution in [0, 0.1) is 0 Å². The summed E-state index contributed by atoms with van der Waals surface area (Å²) in [7, 11) is 0. The first-order valence-electron chi connectivity index (χ1n) is 5.45. The Bertz CT molecular complexity index is 496. The summed E-state index contributed by atoms with van der Waals surface area (Å²) in [6.45, 7) is 2.79. The average Bonchev–Trinajstić information content (AvgIpc) is 2.76. The Morgan fingerprint density at radius 2 is 2.29 bits per heavy atom. The van der Waals surface area contributed by atoms with E-state index in [1.54, 1.807) is 18.3 Å². The fraction of sp³-hybridized carbons (Fsp3) is 0.364. The molecule has 0 aliphatic heterocycles. The molecular formula is C11H14ClN5. The summed E-state index contributed by atoms with van der Waals surface area (Å²) in [4.78, 5) is 8.38. The summed E-state index contributed by atoms with van der Waals surface area (Å²) >= 11 is 6.05. The van der Waals surface area contributed by atoms with Crippen LogP contribution in [-0.4, -0.2) is 19.7 Å². The summed E-state index contributed by atoms with van der Waals surface area (Å²) in [6.07, 6.45) is 3.79. The Labute approximate surface area is 105 Å². The normalized spacial score (nSPS) is 12.6. The lowest BCUT2D eigenvalue weighted by Crippen LogP contribution is -2.18. The molecule has 0 spiro atoms. The number of hydrogen-bond acceptors (Lipinski definition) is 4. The van der Waals surface area contributed by atoms with Gasteiger partial charge in [0.2, 0.25) is 0 Å². The van der Waals surface area contributed by atoms with Gasteiger partial charge in [0.1, 0.15) is 12.2 Å². The Morgan fingerprint density at radius 3 is 3.00 bits per heavy atom. The van der Waals surface area contributed by atoms with Crippen molar-refractivity contribution in [3.8, 4) is 0 Å². The molecule has 0 fully saturated rings. The van der Waals surface area contributed by atoms with Crippen LogP contribution in [0.25, 0.3) is 0 Å².